The van der Waals surface area contributed by atoms with Crippen molar-refractivity contribution in [1.29, 1.82) is 0 Å². The Morgan fingerprint density at radius 3 is 2.68 bits per heavy atom. The molecule has 0 spiro atoms. The minimum absolute atomic E-state index is 0.0195. The summed E-state index contributed by atoms with van der Waals surface area (Å²) in [5.74, 6) is 0. The van der Waals surface area contributed by atoms with Gasteiger partial charge >= 0.3 is 6.18 Å². The molecule has 0 radical (unpaired) electrons. The molecule has 0 aliphatic rings. The van der Waals surface area contributed by atoms with E-state index < -0.39 is 11.7 Å². The zero-order chi connectivity index (χ0) is 14.0. The molecule has 1 aromatic carbocycles. The Balaban J connectivity index is 2.64. The van der Waals surface area contributed by atoms with Crippen molar-refractivity contribution < 1.29 is 13.2 Å². The molecule has 0 atom stereocenters. The molecule has 0 aliphatic heterocycles. The molecule has 2 rings (SSSR count). The smallest absolute Gasteiger partial charge is 0.330 e. The zero-order valence-electron chi connectivity index (χ0n) is 9.78. The molecule has 0 fully saturated rings. The summed E-state index contributed by atoms with van der Waals surface area (Å²) in [7, 11) is 0. The van der Waals surface area contributed by atoms with Gasteiger partial charge in [-0.15, -0.1) is 0 Å². The molecule has 1 heterocycles. The fourth-order valence-electron chi connectivity index (χ4n) is 1.85. The third-order valence-corrected chi connectivity index (χ3v) is 2.95. The molecule has 0 aliphatic carbocycles. The summed E-state index contributed by atoms with van der Waals surface area (Å²) in [5, 5.41) is 0.0195. The molecule has 0 saturated heterocycles. The van der Waals surface area contributed by atoms with Gasteiger partial charge in [0.05, 0.1) is 22.6 Å². The van der Waals surface area contributed by atoms with Crippen molar-refractivity contribution in [2.24, 2.45) is 5.73 Å². The maximum atomic E-state index is 13.0. The zero-order valence-corrected chi connectivity index (χ0v) is 10.5. The number of nitrogens with two attached hydrogens (primary N) is 1. The Morgan fingerprint density at radius 2 is 2.05 bits per heavy atom. The number of para-hydroxylation sites is 1. The first-order valence-electron chi connectivity index (χ1n) is 5.52. The van der Waals surface area contributed by atoms with Gasteiger partial charge < -0.3 is 10.3 Å². The number of hydrogen-bond donors (Lipinski definition) is 1. The molecule has 7 heteroatoms. The second-order valence-corrected chi connectivity index (χ2v) is 4.33. The number of nitrogens with zero attached hydrogens (tertiary/aromatic N) is 2. The van der Waals surface area contributed by atoms with Crippen LogP contribution in [0.3, 0.4) is 0 Å². The largest absolute Gasteiger partial charge is 0.418 e. The lowest BCUT2D eigenvalue weighted by atomic mass is 10.1. The molecule has 19 heavy (non-hydrogen) atoms. The van der Waals surface area contributed by atoms with Crippen LogP contribution in [0, 0.1) is 0 Å². The SMILES string of the molecule is NCCc1cncn1-c1c(Cl)cccc1C(F)(F)F. The predicted octanol–water partition coefficient (Wildman–Crippen LogP) is 3.05. The molecule has 0 bridgehead atoms. The van der Waals surface area contributed by atoms with Crippen LogP contribution in [0.25, 0.3) is 5.69 Å². The van der Waals surface area contributed by atoms with Crippen molar-refractivity contribution in [1.82, 2.24) is 9.55 Å². The Bertz CT molecular complexity index is 578. The van der Waals surface area contributed by atoms with Crippen molar-refractivity contribution in [3.63, 3.8) is 0 Å². The Kier molecular flexibility index (Phi) is 3.82. The van der Waals surface area contributed by atoms with Crippen molar-refractivity contribution in [3.05, 3.63) is 47.0 Å². The molecule has 102 valence electrons. The van der Waals surface area contributed by atoms with E-state index in [1.807, 2.05) is 0 Å². The monoisotopic (exact) mass is 289 g/mol. The molecule has 0 saturated carbocycles. The fourth-order valence-corrected chi connectivity index (χ4v) is 2.11. The van der Waals surface area contributed by atoms with E-state index in [-0.39, 0.29) is 10.7 Å². The molecular weight excluding hydrogens is 279 g/mol. The van der Waals surface area contributed by atoms with Crippen LogP contribution >= 0.6 is 11.6 Å². The lowest BCUT2D eigenvalue weighted by Crippen LogP contribution is -2.14. The van der Waals surface area contributed by atoms with Crippen LogP contribution in [0.1, 0.15) is 11.3 Å². The van der Waals surface area contributed by atoms with E-state index in [0.29, 0.717) is 18.7 Å². The van der Waals surface area contributed by atoms with E-state index in [2.05, 4.69) is 4.98 Å². The van der Waals surface area contributed by atoms with Crippen LogP contribution in [-0.4, -0.2) is 16.1 Å². The number of aromatic nitrogens is 2. The van der Waals surface area contributed by atoms with Crippen molar-refractivity contribution >= 4 is 11.6 Å². The average Bonchev–Trinajstić information content (AvgIpc) is 2.76. The lowest BCUT2D eigenvalue weighted by Gasteiger charge is -2.16. The lowest BCUT2D eigenvalue weighted by molar-refractivity contribution is -0.137. The van der Waals surface area contributed by atoms with Gasteiger partial charge in [0.1, 0.15) is 0 Å². The summed E-state index contributed by atoms with van der Waals surface area (Å²) < 4.78 is 40.4. The number of alkyl halides is 3. The summed E-state index contributed by atoms with van der Waals surface area (Å²) in [4.78, 5) is 3.86. The second-order valence-electron chi connectivity index (χ2n) is 3.93. The highest BCUT2D eigenvalue weighted by molar-refractivity contribution is 6.32. The molecular formula is C12H11ClF3N3. The van der Waals surface area contributed by atoms with Crippen molar-refractivity contribution in [2.45, 2.75) is 12.6 Å². The van der Waals surface area contributed by atoms with Crippen LogP contribution in [0.5, 0.6) is 0 Å². The van der Waals surface area contributed by atoms with Crippen molar-refractivity contribution in [2.75, 3.05) is 6.54 Å². The van der Waals surface area contributed by atoms with Gasteiger partial charge in [0.2, 0.25) is 0 Å². The van der Waals surface area contributed by atoms with Crippen LogP contribution in [-0.2, 0) is 12.6 Å². The Labute approximate surface area is 112 Å². The number of hydrogen-bond acceptors (Lipinski definition) is 2. The maximum Gasteiger partial charge on any atom is 0.418 e. The normalized spacial score (nSPS) is 11.8. The Morgan fingerprint density at radius 1 is 1.32 bits per heavy atom. The quantitative estimate of drug-likeness (QED) is 0.944. The van der Waals surface area contributed by atoms with E-state index in [9.17, 15) is 13.2 Å². The number of rotatable bonds is 3. The highest BCUT2D eigenvalue weighted by Gasteiger charge is 2.35. The topological polar surface area (TPSA) is 43.8 Å². The summed E-state index contributed by atoms with van der Waals surface area (Å²) >= 11 is 5.92. The molecule has 2 N–H and O–H groups in total. The maximum absolute atomic E-state index is 13.0. The molecule has 0 amide bonds. The van der Waals surface area contributed by atoms with E-state index in [4.69, 9.17) is 17.3 Å². The predicted molar refractivity (Wildman–Crippen MR) is 66.3 cm³/mol. The minimum Gasteiger partial charge on any atom is -0.330 e. The van der Waals surface area contributed by atoms with E-state index in [1.54, 1.807) is 0 Å². The van der Waals surface area contributed by atoms with Gasteiger partial charge in [-0.05, 0) is 18.7 Å². The summed E-state index contributed by atoms with van der Waals surface area (Å²) in [5.41, 5.74) is 5.11. The number of halogens is 4. The first-order chi connectivity index (χ1) is 8.95. The van der Waals surface area contributed by atoms with Gasteiger partial charge in [0, 0.05) is 18.3 Å². The molecule has 2 aromatic rings. The third kappa shape index (κ3) is 2.74. The standard InChI is InChI=1S/C12H11ClF3N3/c13-10-3-1-2-9(12(14,15)16)11(10)19-7-18-6-8(19)4-5-17/h1-3,6-7H,4-5,17H2. The van der Waals surface area contributed by atoms with E-state index >= 15 is 0 Å². The van der Waals surface area contributed by atoms with Gasteiger partial charge in [-0.2, -0.15) is 13.2 Å². The van der Waals surface area contributed by atoms with Crippen LogP contribution in [0.2, 0.25) is 5.02 Å². The summed E-state index contributed by atoms with van der Waals surface area (Å²) in [6, 6.07) is 3.68. The Hall–Kier alpha value is -1.53. The highest BCUT2D eigenvalue weighted by atomic mass is 35.5. The average molecular weight is 290 g/mol. The van der Waals surface area contributed by atoms with Gasteiger partial charge in [-0.25, -0.2) is 4.98 Å². The summed E-state index contributed by atoms with van der Waals surface area (Å²) in [6.07, 6.45) is -1.27. The fraction of sp³-hybridized carbons (Fsp3) is 0.250. The molecule has 3 nitrogen and oxygen atoms in total. The first-order valence-corrected chi connectivity index (χ1v) is 5.90. The first kappa shape index (κ1) is 13.9. The van der Waals surface area contributed by atoms with E-state index in [1.165, 1.54) is 29.2 Å². The van der Waals surface area contributed by atoms with Gasteiger partial charge in [-0.1, -0.05) is 17.7 Å². The molecule has 0 unspecified atom stereocenters. The minimum atomic E-state index is -4.48. The molecule has 1 aromatic heterocycles. The number of imidazole rings is 1. The third-order valence-electron chi connectivity index (χ3n) is 2.65. The van der Waals surface area contributed by atoms with Crippen LogP contribution < -0.4 is 5.73 Å². The van der Waals surface area contributed by atoms with Gasteiger partial charge in [0.15, 0.2) is 0 Å². The number of benzene rings is 1. The summed E-state index contributed by atoms with van der Waals surface area (Å²) in [6.45, 7) is 0.317. The van der Waals surface area contributed by atoms with Gasteiger partial charge in [-0.3, -0.25) is 0 Å². The van der Waals surface area contributed by atoms with Crippen LogP contribution in [0.15, 0.2) is 30.7 Å². The van der Waals surface area contributed by atoms with Crippen LogP contribution in [0.4, 0.5) is 13.2 Å². The van der Waals surface area contributed by atoms with Gasteiger partial charge in [0.25, 0.3) is 0 Å². The second kappa shape index (κ2) is 5.22. The highest BCUT2D eigenvalue weighted by Crippen LogP contribution is 2.37. The van der Waals surface area contributed by atoms with Crippen molar-refractivity contribution in [3.8, 4) is 5.69 Å². The van der Waals surface area contributed by atoms with E-state index in [0.717, 1.165) is 6.07 Å².